The molecule has 0 aromatic carbocycles. The maximum absolute atomic E-state index is 12.2. The van der Waals surface area contributed by atoms with Crippen LogP contribution in [0.3, 0.4) is 0 Å². The summed E-state index contributed by atoms with van der Waals surface area (Å²) in [5, 5.41) is 11.6. The smallest absolute Gasteiger partial charge is 0.277 e. The van der Waals surface area contributed by atoms with Gasteiger partial charge in [0.2, 0.25) is 5.91 Å². The highest BCUT2D eigenvalue weighted by Crippen LogP contribution is 2.34. The van der Waals surface area contributed by atoms with Gasteiger partial charge in [-0.15, -0.1) is 0 Å². The Morgan fingerprint density at radius 2 is 2.29 bits per heavy atom. The number of carbonyl (C=O) groups is 2. The van der Waals surface area contributed by atoms with E-state index in [0.29, 0.717) is 31.7 Å². The molecule has 0 saturated carbocycles. The third-order valence-electron chi connectivity index (χ3n) is 3.42. The van der Waals surface area contributed by atoms with E-state index in [1.165, 1.54) is 4.90 Å². The van der Waals surface area contributed by atoms with Crippen LogP contribution >= 0.6 is 0 Å². The maximum Gasteiger partial charge on any atom is 0.277 e. The van der Waals surface area contributed by atoms with E-state index in [-0.39, 0.29) is 5.91 Å². The lowest BCUT2D eigenvalue weighted by Crippen LogP contribution is -2.69. The zero-order chi connectivity index (χ0) is 12.6. The van der Waals surface area contributed by atoms with E-state index in [2.05, 4.69) is 10.2 Å². The predicted octanol–water partition coefficient (Wildman–Crippen LogP) is 0.339. The van der Waals surface area contributed by atoms with Gasteiger partial charge in [-0.2, -0.15) is 0 Å². The molecule has 2 atom stereocenters. The zero-order valence-electron chi connectivity index (χ0n) is 10.1. The molecule has 0 bridgehead atoms. The van der Waals surface area contributed by atoms with Crippen LogP contribution in [0.15, 0.2) is 0 Å². The summed E-state index contributed by atoms with van der Waals surface area (Å²) in [6, 6.07) is -0.496. The Bertz CT molecular complexity index is 344. The van der Waals surface area contributed by atoms with E-state index >= 15 is 0 Å². The zero-order valence-corrected chi connectivity index (χ0v) is 10.1. The van der Waals surface area contributed by atoms with Crippen molar-refractivity contribution in [2.75, 3.05) is 6.54 Å². The summed E-state index contributed by atoms with van der Waals surface area (Å²) in [6.07, 6.45) is 1.60. The monoisotopic (exact) mass is 242 g/mol. The second-order valence-electron chi connectivity index (χ2n) is 5.12. The van der Waals surface area contributed by atoms with E-state index in [4.69, 9.17) is 5.26 Å². The SMILES string of the molecule is CC(C)CC1NC(=O)C2(OO)CCCN2C1=O. The van der Waals surface area contributed by atoms with Crippen molar-refractivity contribution in [3.63, 3.8) is 0 Å². The second kappa shape index (κ2) is 4.27. The van der Waals surface area contributed by atoms with Crippen LogP contribution in [0, 0.1) is 5.92 Å². The number of carbonyl (C=O) groups excluding carboxylic acids is 2. The summed E-state index contributed by atoms with van der Waals surface area (Å²) >= 11 is 0. The lowest BCUT2D eigenvalue weighted by Gasteiger charge is -2.41. The third kappa shape index (κ3) is 1.81. The Labute approximate surface area is 99.8 Å². The minimum Gasteiger partial charge on any atom is -0.340 e. The third-order valence-corrected chi connectivity index (χ3v) is 3.42. The van der Waals surface area contributed by atoms with E-state index in [1.54, 1.807) is 0 Å². The first kappa shape index (κ1) is 12.3. The van der Waals surface area contributed by atoms with Crippen LogP contribution in [-0.4, -0.2) is 40.3 Å². The first-order valence-electron chi connectivity index (χ1n) is 5.96. The molecule has 2 aliphatic rings. The fourth-order valence-corrected chi connectivity index (χ4v) is 2.61. The van der Waals surface area contributed by atoms with Gasteiger partial charge in [-0.3, -0.25) is 9.59 Å². The Hall–Kier alpha value is -1.14. The topological polar surface area (TPSA) is 78.9 Å². The number of hydrogen-bond donors (Lipinski definition) is 2. The van der Waals surface area contributed by atoms with Gasteiger partial charge in [0.05, 0.1) is 0 Å². The van der Waals surface area contributed by atoms with E-state index in [1.807, 2.05) is 13.8 Å². The molecule has 0 aromatic heterocycles. The van der Waals surface area contributed by atoms with Gasteiger partial charge in [-0.25, -0.2) is 10.1 Å². The highest BCUT2D eigenvalue weighted by atomic mass is 17.1. The molecule has 6 heteroatoms. The normalized spacial score (nSPS) is 32.9. The lowest BCUT2D eigenvalue weighted by molar-refractivity contribution is -0.341. The van der Waals surface area contributed by atoms with Gasteiger partial charge < -0.3 is 10.2 Å². The van der Waals surface area contributed by atoms with Gasteiger partial charge in [-0.1, -0.05) is 13.8 Å². The fourth-order valence-electron chi connectivity index (χ4n) is 2.61. The van der Waals surface area contributed by atoms with Gasteiger partial charge in [0.25, 0.3) is 11.6 Å². The summed E-state index contributed by atoms with van der Waals surface area (Å²) in [6.45, 7) is 4.45. The number of piperazine rings is 1. The highest BCUT2D eigenvalue weighted by Gasteiger charge is 2.57. The van der Waals surface area contributed by atoms with Crippen molar-refractivity contribution in [1.29, 1.82) is 0 Å². The van der Waals surface area contributed by atoms with Crippen molar-refractivity contribution < 1.29 is 19.7 Å². The first-order chi connectivity index (χ1) is 8.01. The lowest BCUT2D eigenvalue weighted by atomic mass is 9.97. The summed E-state index contributed by atoms with van der Waals surface area (Å²) in [5.41, 5.74) is -1.48. The molecule has 2 heterocycles. The summed E-state index contributed by atoms with van der Waals surface area (Å²) < 4.78 is 0. The largest absolute Gasteiger partial charge is 0.340 e. The first-order valence-corrected chi connectivity index (χ1v) is 5.96. The molecular weight excluding hydrogens is 224 g/mol. The number of nitrogens with one attached hydrogen (secondary N) is 1. The molecule has 0 aromatic rings. The quantitative estimate of drug-likeness (QED) is 0.552. The van der Waals surface area contributed by atoms with Crippen LogP contribution in [0.4, 0.5) is 0 Å². The molecule has 2 unspecified atom stereocenters. The van der Waals surface area contributed by atoms with Crippen LogP contribution in [0.25, 0.3) is 0 Å². The molecular formula is C11H18N2O4. The van der Waals surface area contributed by atoms with Crippen molar-refractivity contribution in [3.05, 3.63) is 0 Å². The summed E-state index contributed by atoms with van der Waals surface area (Å²) in [4.78, 5) is 29.8. The van der Waals surface area contributed by atoms with Crippen LogP contribution in [0.1, 0.15) is 33.1 Å². The van der Waals surface area contributed by atoms with Gasteiger partial charge in [0.1, 0.15) is 6.04 Å². The van der Waals surface area contributed by atoms with Gasteiger partial charge in [-0.05, 0) is 18.8 Å². The van der Waals surface area contributed by atoms with E-state index < -0.39 is 17.7 Å². The van der Waals surface area contributed by atoms with Crippen LogP contribution < -0.4 is 5.32 Å². The highest BCUT2D eigenvalue weighted by molar-refractivity contribution is 5.99. The standard InChI is InChI=1S/C11H18N2O4/c1-7(2)6-8-9(14)13-5-3-4-11(13,17-16)10(15)12-8/h7-8,16H,3-6H2,1-2H3,(H,12,15). The van der Waals surface area contributed by atoms with E-state index in [0.717, 1.165) is 0 Å². The summed E-state index contributed by atoms with van der Waals surface area (Å²) in [7, 11) is 0. The second-order valence-corrected chi connectivity index (χ2v) is 5.12. The van der Waals surface area contributed by atoms with Crippen molar-refractivity contribution in [1.82, 2.24) is 10.2 Å². The predicted molar refractivity (Wildman–Crippen MR) is 58.8 cm³/mol. The molecule has 0 aliphatic carbocycles. The van der Waals surface area contributed by atoms with E-state index in [9.17, 15) is 9.59 Å². The van der Waals surface area contributed by atoms with Gasteiger partial charge in [0, 0.05) is 13.0 Å². The Kier molecular flexibility index (Phi) is 3.09. The number of amides is 2. The number of fused-ring (bicyclic) bond motifs is 1. The Morgan fingerprint density at radius 1 is 1.59 bits per heavy atom. The molecule has 17 heavy (non-hydrogen) atoms. The molecule has 2 saturated heterocycles. The molecule has 2 aliphatic heterocycles. The minimum atomic E-state index is -1.48. The van der Waals surface area contributed by atoms with Crippen LogP contribution in [0.2, 0.25) is 0 Å². The molecule has 2 N–H and O–H groups in total. The molecule has 0 spiro atoms. The maximum atomic E-state index is 12.2. The molecule has 0 radical (unpaired) electrons. The minimum absolute atomic E-state index is 0.162. The van der Waals surface area contributed by atoms with Gasteiger partial charge >= 0.3 is 0 Å². The van der Waals surface area contributed by atoms with Crippen LogP contribution in [0.5, 0.6) is 0 Å². The van der Waals surface area contributed by atoms with Crippen molar-refractivity contribution in [3.8, 4) is 0 Å². The average Bonchev–Trinajstić information content (AvgIpc) is 2.70. The van der Waals surface area contributed by atoms with Gasteiger partial charge in [0.15, 0.2) is 0 Å². The van der Waals surface area contributed by atoms with Crippen LogP contribution in [-0.2, 0) is 14.5 Å². The van der Waals surface area contributed by atoms with Crippen molar-refractivity contribution in [2.24, 2.45) is 5.92 Å². The van der Waals surface area contributed by atoms with Crippen molar-refractivity contribution >= 4 is 11.8 Å². The molecule has 2 amide bonds. The molecule has 6 nitrogen and oxygen atoms in total. The Balaban J connectivity index is 2.22. The Morgan fingerprint density at radius 3 is 2.88 bits per heavy atom. The fraction of sp³-hybridized carbons (Fsp3) is 0.818. The molecule has 2 fully saturated rings. The van der Waals surface area contributed by atoms with Crippen molar-refractivity contribution in [2.45, 2.75) is 44.9 Å². The summed E-state index contributed by atoms with van der Waals surface area (Å²) in [5.74, 6) is -0.262. The molecule has 96 valence electrons. The number of hydrogen-bond acceptors (Lipinski definition) is 4. The number of nitrogens with zero attached hydrogens (tertiary/aromatic N) is 1. The molecule has 2 rings (SSSR count). The average molecular weight is 242 g/mol. The number of rotatable bonds is 3.